The Hall–Kier alpha value is -0.0800. The highest BCUT2D eigenvalue weighted by atomic mass is 15.2. The Kier molecular flexibility index (Phi) is 2.79. The van der Waals surface area contributed by atoms with Gasteiger partial charge in [0.25, 0.3) is 0 Å². The first-order valence-electron chi connectivity index (χ1n) is 4.92. The Morgan fingerprint density at radius 3 is 2.33 bits per heavy atom. The minimum Gasteiger partial charge on any atom is -0.327 e. The molecule has 0 saturated carbocycles. The van der Waals surface area contributed by atoms with E-state index in [-0.39, 0.29) is 0 Å². The van der Waals surface area contributed by atoms with Crippen molar-refractivity contribution in [2.75, 3.05) is 13.1 Å². The zero-order valence-corrected chi connectivity index (χ0v) is 8.80. The van der Waals surface area contributed by atoms with E-state index in [1.54, 1.807) is 0 Å². The molecule has 2 nitrogen and oxygen atoms in total. The molecule has 0 spiro atoms. The van der Waals surface area contributed by atoms with E-state index in [2.05, 4.69) is 32.6 Å². The average Bonchev–Trinajstić information content (AvgIpc) is 1.92. The van der Waals surface area contributed by atoms with Crippen molar-refractivity contribution in [2.45, 2.75) is 45.7 Å². The van der Waals surface area contributed by atoms with Crippen LogP contribution in [0, 0.1) is 5.92 Å². The molecule has 0 aromatic heterocycles. The van der Waals surface area contributed by atoms with E-state index in [1.807, 2.05) is 0 Å². The lowest BCUT2D eigenvalue weighted by Gasteiger charge is -2.43. The SMILES string of the molecule is C[C@@H]1CN(C(C)(C)C)CC[C@H]1N. The molecular weight excluding hydrogens is 148 g/mol. The number of hydrogen-bond donors (Lipinski definition) is 1. The number of rotatable bonds is 0. The van der Waals surface area contributed by atoms with Gasteiger partial charge >= 0.3 is 0 Å². The average molecular weight is 170 g/mol. The minimum atomic E-state index is 0.314. The number of hydrogen-bond acceptors (Lipinski definition) is 2. The van der Waals surface area contributed by atoms with Gasteiger partial charge in [-0.1, -0.05) is 6.92 Å². The normalized spacial score (nSPS) is 33.8. The van der Waals surface area contributed by atoms with Gasteiger partial charge in [-0.25, -0.2) is 0 Å². The van der Waals surface area contributed by atoms with Gasteiger partial charge in [0.1, 0.15) is 0 Å². The van der Waals surface area contributed by atoms with Gasteiger partial charge in [0.2, 0.25) is 0 Å². The smallest absolute Gasteiger partial charge is 0.0125 e. The third-order valence-electron chi connectivity index (χ3n) is 2.92. The van der Waals surface area contributed by atoms with E-state index < -0.39 is 0 Å². The largest absolute Gasteiger partial charge is 0.327 e. The predicted octanol–water partition coefficient (Wildman–Crippen LogP) is 1.45. The quantitative estimate of drug-likeness (QED) is 0.596. The summed E-state index contributed by atoms with van der Waals surface area (Å²) in [6.07, 6.45) is 1.15. The maximum absolute atomic E-state index is 5.96. The van der Waals surface area contributed by atoms with Crippen LogP contribution in [0.1, 0.15) is 34.1 Å². The lowest BCUT2D eigenvalue weighted by atomic mass is 9.91. The zero-order valence-electron chi connectivity index (χ0n) is 8.80. The zero-order chi connectivity index (χ0) is 9.35. The second kappa shape index (κ2) is 3.35. The summed E-state index contributed by atoms with van der Waals surface area (Å²) in [5, 5.41) is 0. The molecule has 0 unspecified atom stereocenters. The number of nitrogens with zero attached hydrogens (tertiary/aromatic N) is 1. The maximum atomic E-state index is 5.96. The second-order valence-electron chi connectivity index (χ2n) is 5.05. The van der Waals surface area contributed by atoms with Crippen LogP contribution in [0.4, 0.5) is 0 Å². The van der Waals surface area contributed by atoms with E-state index in [0.717, 1.165) is 19.5 Å². The molecule has 2 atom stereocenters. The molecule has 0 aliphatic carbocycles. The number of likely N-dealkylation sites (tertiary alicyclic amines) is 1. The van der Waals surface area contributed by atoms with Crippen LogP contribution in [0.5, 0.6) is 0 Å². The van der Waals surface area contributed by atoms with Crippen molar-refractivity contribution in [3.63, 3.8) is 0 Å². The molecule has 0 radical (unpaired) electrons. The third kappa shape index (κ3) is 2.20. The summed E-state index contributed by atoms with van der Waals surface area (Å²) in [4.78, 5) is 2.53. The van der Waals surface area contributed by atoms with Crippen molar-refractivity contribution in [1.29, 1.82) is 0 Å². The topological polar surface area (TPSA) is 29.3 Å². The lowest BCUT2D eigenvalue weighted by molar-refractivity contribution is 0.0741. The summed E-state index contributed by atoms with van der Waals surface area (Å²) in [7, 11) is 0. The first-order valence-corrected chi connectivity index (χ1v) is 4.92. The van der Waals surface area contributed by atoms with Crippen LogP contribution in [0.15, 0.2) is 0 Å². The van der Waals surface area contributed by atoms with Gasteiger partial charge in [0.05, 0.1) is 0 Å². The number of piperidine rings is 1. The highest BCUT2D eigenvalue weighted by Gasteiger charge is 2.29. The Labute approximate surface area is 76.1 Å². The van der Waals surface area contributed by atoms with Crippen LogP contribution < -0.4 is 5.73 Å². The molecule has 1 aliphatic heterocycles. The van der Waals surface area contributed by atoms with Crippen molar-refractivity contribution in [3.8, 4) is 0 Å². The van der Waals surface area contributed by atoms with E-state index in [9.17, 15) is 0 Å². The summed E-state index contributed by atoms with van der Waals surface area (Å²) in [5.74, 6) is 0.651. The molecule has 12 heavy (non-hydrogen) atoms. The first-order chi connectivity index (χ1) is 5.41. The van der Waals surface area contributed by atoms with Crippen molar-refractivity contribution in [3.05, 3.63) is 0 Å². The molecule has 0 aromatic rings. The molecule has 1 rings (SSSR count). The fourth-order valence-corrected chi connectivity index (χ4v) is 1.77. The molecule has 2 heteroatoms. The van der Waals surface area contributed by atoms with Crippen molar-refractivity contribution in [2.24, 2.45) is 11.7 Å². The summed E-state index contributed by atoms with van der Waals surface area (Å²) >= 11 is 0. The van der Waals surface area contributed by atoms with Gasteiger partial charge in [-0.15, -0.1) is 0 Å². The highest BCUT2D eigenvalue weighted by molar-refractivity contribution is 4.86. The Morgan fingerprint density at radius 2 is 1.92 bits per heavy atom. The Balaban J connectivity index is 2.51. The molecule has 1 aliphatic rings. The Bertz CT molecular complexity index is 148. The van der Waals surface area contributed by atoms with Crippen molar-refractivity contribution in [1.82, 2.24) is 4.90 Å². The molecule has 72 valence electrons. The maximum Gasteiger partial charge on any atom is 0.0125 e. The predicted molar refractivity (Wildman–Crippen MR) is 53.1 cm³/mol. The van der Waals surface area contributed by atoms with Crippen molar-refractivity contribution < 1.29 is 0 Å². The molecule has 2 N–H and O–H groups in total. The van der Waals surface area contributed by atoms with Gasteiger partial charge < -0.3 is 5.73 Å². The van der Waals surface area contributed by atoms with Crippen LogP contribution in [0.2, 0.25) is 0 Å². The second-order valence-corrected chi connectivity index (χ2v) is 5.05. The molecular formula is C10H22N2. The van der Waals surface area contributed by atoms with Gasteiger partial charge in [-0.2, -0.15) is 0 Å². The van der Waals surface area contributed by atoms with E-state index in [4.69, 9.17) is 5.73 Å². The van der Waals surface area contributed by atoms with Gasteiger partial charge in [-0.05, 0) is 33.1 Å². The van der Waals surface area contributed by atoms with Crippen LogP contribution >= 0.6 is 0 Å². The number of nitrogens with two attached hydrogens (primary N) is 1. The minimum absolute atomic E-state index is 0.314. The monoisotopic (exact) mass is 170 g/mol. The lowest BCUT2D eigenvalue weighted by Crippen LogP contribution is -2.52. The van der Waals surface area contributed by atoms with Crippen LogP contribution in [0.3, 0.4) is 0 Å². The highest BCUT2D eigenvalue weighted by Crippen LogP contribution is 2.22. The summed E-state index contributed by atoms with van der Waals surface area (Å²) in [6, 6.07) is 0.420. The Morgan fingerprint density at radius 1 is 1.33 bits per heavy atom. The van der Waals surface area contributed by atoms with Gasteiger partial charge in [0.15, 0.2) is 0 Å². The molecule has 0 aromatic carbocycles. The molecule has 1 saturated heterocycles. The fourth-order valence-electron chi connectivity index (χ4n) is 1.77. The standard InChI is InChI=1S/C10H22N2/c1-8-7-12(10(2,3)4)6-5-9(8)11/h8-9H,5-7,11H2,1-4H3/t8-,9-/m1/s1. The molecule has 1 heterocycles. The van der Waals surface area contributed by atoms with Crippen molar-refractivity contribution >= 4 is 0 Å². The molecule has 0 bridgehead atoms. The van der Waals surface area contributed by atoms with Gasteiger partial charge in [-0.3, -0.25) is 4.90 Å². The van der Waals surface area contributed by atoms with Crippen LogP contribution in [0.25, 0.3) is 0 Å². The summed E-state index contributed by atoms with van der Waals surface area (Å²) in [6.45, 7) is 11.4. The fraction of sp³-hybridized carbons (Fsp3) is 1.00. The molecule has 1 fully saturated rings. The first kappa shape index (κ1) is 10.0. The third-order valence-corrected chi connectivity index (χ3v) is 2.92. The van der Waals surface area contributed by atoms with E-state index in [1.165, 1.54) is 0 Å². The van der Waals surface area contributed by atoms with Crippen LogP contribution in [-0.4, -0.2) is 29.6 Å². The van der Waals surface area contributed by atoms with Gasteiger partial charge in [0, 0.05) is 24.7 Å². The van der Waals surface area contributed by atoms with E-state index in [0.29, 0.717) is 17.5 Å². The van der Waals surface area contributed by atoms with Crippen LogP contribution in [-0.2, 0) is 0 Å². The summed E-state index contributed by atoms with van der Waals surface area (Å²) in [5.41, 5.74) is 6.27. The van der Waals surface area contributed by atoms with E-state index >= 15 is 0 Å². The molecule has 0 amide bonds. The summed E-state index contributed by atoms with van der Waals surface area (Å²) < 4.78 is 0.